The van der Waals surface area contributed by atoms with E-state index >= 15 is 0 Å². The van der Waals surface area contributed by atoms with Crippen LogP contribution in [0.2, 0.25) is 0 Å². The average Bonchev–Trinajstić information content (AvgIpc) is 2.58. The highest BCUT2D eigenvalue weighted by atomic mass is 15.3. The molecular formula is C10H13N5. The first kappa shape index (κ1) is 9.64. The molecule has 0 atom stereocenters. The highest BCUT2D eigenvalue weighted by Crippen LogP contribution is 2.15. The number of aromatic nitrogens is 4. The van der Waals surface area contributed by atoms with Gasteiger partial charge in [-0.25, -0.2) is 4.98 Å². The summed E-state index contributed by atoms with van der Waals surface area (Å²) in [4.78, 5) is 8.60. The Balaban J connectivity index is 2.27. The summed E-state index contributed by atoms with van der Waals surface area (Å²) in [6, 6.07) is 0. The SMILES string of the molecule is Cc1cnc(C)c(Nc2cnn(C)c2)n1. The third-order valence-electron chi connectivity index (χ3n) is 2.04. The number of rotatable bonds is 2. The van der Waals surface area contributed by atoms with E-state index in [4.69, 9.17) is 0 Å². The van der Waals surface area contributed by atoms with E-state index in [0.717, 1.165) is 22.9 Å². The van der Waals surface area contributed by atoms with Crippen molar-refractivity contribution in [2.45, 2.75) is 13.8 Å². The van der Waals surface area contributed by atoms with Crippen LogP contribution >= 0.6 is 0 Å². The molecule has 0 fully saturated rings. The second kappa shape index (κ2) is 3.68. The standard InChI is InChI=1S/C10H13N5/c1-7-4-11-8(2)10(13-7)14-9-5-12-15(3)6-9/h4-6H,1-3H3,(H,13,14). The number of aryl methyl sites for hydroxylation is 3. The minimum Gasteiger partial charge on any atom is -0.336 e. The van der Waals surface area contributed by atoms with Crippen LogP contribution in [-0.2, 0) is 7.05 Å². The molecular weight excluding hydrogens is 190 g/mol. The van der Waals surface area contributed by atoms with E-state index in [-0.39, 0.29) is 0 Å². The van der Waals surface area contributed by atoms with Crippen LogP contribution in [0.3, 0.4) is 0 Å². The van der Waals surface area contributed by atoms with Crippen LogP contribution in [0.1, 0.15) is 11.4 Å². The molecule has 0 aromatic carbocycles. The average molecular weight is 203 g/mol. The molecule has 5 heteroatoms. The van der Waals surface area contributed by atoms with E-state index < -0.39 is 0 Å². The zero-order chi connectivity index (χ0) is 10.8. The van der Waals surface area contributed by atoms with Gasteiger partial charge in [-0.15, -0.1) is 0 Å². The van der Waals surface area contributed by atoms with E-state index in [1.54, 1.807) is 17.1 Å². The smallest absolute Gasteiger partial charge is 0.152 e. The molecule has 2 heterocycles. The van der Waals surface area contributed by atoms with Gasteiger partial charge in [0.25, 0.3) is 0 Å². The first-order chi connectivity index (χ1) is 7.15. The van der Waals surface area contributed by atoms with Crippen LogP contribution in [0.4, 0.5) is 11.5 Å². The third-order valence-corrected chi connectivity index (χ3v) is 2.04. The molecule has 15 heavy (non-hydrogen) atoms. The highest BCUT2D eigenvalue weighted by Gasteiger charge is 2.03. The second-order valence-electron chi connectivity index (χ2n) is 3.47. The van der Waals surface area contributed by atoms with Gasteiger partial charge in [0.15, 0.2) is 5.82 Å². The maximum Gasteiger partial charge on any atom is 0.152 e. The highest BCUT2D eigenvalue weighted by molar-refractivity contribution is 5.55. The zero-order valence-corrected chi connectivity index (χ0v) is 9.02. The van der Waals surface area contributed by atoms with Gasteiger partial charge in [-0.3, -0.25) is 9.67 Å². The molecule has 2 rings (SSSR count). The monoisotopic (exact) mass is 203 g/mol. The number of anilines is 2. The van der Waals surface area contributed by atoms with Crippen molar-refractivity contribution in [2.24, 2.45) is 7.05 Å². The molecule has 78 valence electrons. The van der Waals surface area contributed by atoms with E-state index in [9.17, 15) is 0 Å². The topological polar surface area (TPSA) is 55.6 Å². The number of nitrogens with one attached hydrogen (secondary N) is 1. The molecule has 0 aliphatic heterocycles. The lowest BCUT2D eigenvalue weighted by Gasteiger charge is -2.05. The van der Waals surface area contributed by atoms with Crippen molar-refractivity contribution in [1.82, 2.24) is 19.7 Å². The molecule has 1 N–H and O–H groups in total. The number of nitrogens with zero attached hydrogens (tertiary/aromatic N) is 4. The Labute approximate surface area is 88.2 Å². The van der Waals surface area contributed by atoms with Crippen molar-refractivity contribution >= 4 is 11.5 Å². The summed E-state index contributed by atoms with van der Waals surface area (Å²) in [5.41, 5.74) is 2.69. The molecule has 0 unspecified atom stereocenters. The van der Waals surface area contributed by atoms with Crippen LogP contribution in [0.25, 0.3) is 0 Å². The summed E-state index contributed by atoms with van der Waals surface area (Å²) >= 11 is 0. The van der Waals surface area contributed by atoms with Crippen LogP contribution in [0.5, 0.6) is 0 Å². The Morgan fingerprint density at radius 1 is 1.27 bits per heavy atom. The molecule has 0 aliphatic rings. The fraction of sp³-hybridized carbons (Fsp3) is 0.300. The van der Waals surface area contributed by atoms with E-state index in [2.05, 4.69) is 20.4 Å². The maximum absolute atomic E-state index is 4.37. The normalized spacial score (nSPS) is 10.3. The number of hydrogen-bond acceptors (Lipinski definition) is 4. The predicted octanol–water partition coefficient (Wildman–Crippen LogP) is 1.57. The Hall–Kier alpha value is -1.91. The van der Waals surface area contributed by atoms with E-state index in [0.29, 0.717) is 0 Å². The summed E-state index contributed by atoms with van der Waals surface area (Å²) < 4.78 is 1.74. The van der Waals surface area contributed by atoms with Crippen LogP contribution < -0.4 is 5.32 Å². The molecule has 5 nitrogen and oxygen atoms in total. The van der Waals surface area contributed by atoms with E-state index in [1.807, 2.05) is 27.1 Å². The molecule has 0 bridgehead atoms. The van der Waals surface area contributed by atoms with Crippen molar-refractivity contribution in [2.75, 3.05) is 5.32 Å². The Kier molecular flexibility index (Phi) is 2.37. The summed E-state index contributed by atoms with van der Waals surface area (Å²) in [6.45, 7) is 3.84. The van der Waals surface area contributed by atoms with Gasteiger partial charge in [0.1, 0.15) is 0 Å². The summed E-state index contributed by atoms with van der Waals surface area (Å²) in [5.74, 6) is 0.781. The van der Waals surface area contributed by atoms with Gasteiger partial charge in [0.05, 0.1) is 23.3 Å². The van der Waals surface area contributed by atoms with Gasteiger partial charge in [0, 0.05) is 19.4 Å². The van der Waals surface area contributed by atoms with Crippen molar-refractivity contribution in [3.05, 3.63) is 30.0 Å². The summed E-state index contributed by atoms with van der Waals surface area (Å²) in [7, 11) is 1.87. The quantitative estimate of drug-likeness (QED) is 0.805. The molecule has 0 saturated carbocycles. The second-order valence-corrected chi connectivity index (χ2v) is 3.47. The van der Waals surface area contributed by atoms with Crippen molar-refractivity contribution in [3.8, 4) is 0 Å². The van der Waals surface area contributed by atoms with Crippen LogP contribution in [-0.4, -0.2) is 19.7 Å². The lowest BCUT2D eigenvalue weighted by molar-refractivity contribution is 0.768. The van der Waals surface area contributed by atoms with Crippen molar-refractivity contribution < 1.29 is 0 Å². The summed E-state index contributed by atoms with van der Waals surface area (Å²) in [6.07, 6.45) is 5.40. The maximum atomic E-state index is 4.37. The van der Waals surface area contributed by atoms with Gasteiger partial charge >= 0.3 is 0 Å². The molecule has 0 aliphatic carbocycles. The van der Waals surface area contributed by atoms with E-state index in [1.165, 1.54) is 0 Å². The first-order valence-electron chi connectivity index (χ1n) is 4.71. The van der Waals surface area contributed by atoms with Gasteiger partial charge < -0.3 is 5.32 Å². The van der Waals surface area contributed by atoms with Gasteiger partial charge in [0.2, 0.25) is 0 Å². The molecule has 0 radical (unpaired) electrons. The minimum atomic E-state index is 0.781. The molecule has 0 saturated heterocycles. The lowest BCUT2D eigenvalue weighted by Crippen LogP contribution is -1.99. The van der Waals surface area contributed by atoms with Crippen molar-refractivity contribution in [1.29, 1.82) is 0 Å². The fourth-order valence-corrected chi connectivity index (χ4v) is 1.28. The predicted molar refractivity (Wildman–Crippen MR) is 58.0 cm³/mol. The third kappa shape index (κ3) is 2.12. The van der Waals surface area contributed by atoms with Crippen LogP contribution in [0, 0.1) is 13.8 Å². The Bertz CT molecular complexity index is 474. The molecule has 0 spiro atoms. The van der Waals surface area contributed by atoms with Crippen LogP contribution in [0.15, 0.2) is 18.6 Å². The molecule has 2 aromatic heterocycles. The van der Waals surface area contributed by atoms with Gasteiger partial charge in [-0.1, -0.05) is 0 Å². The summed E-state index contributed by atoms with van der Waals surface area (Å²) in [5, 5.41) is 7.25. The largest absolute Gasteiger partial charge is 0.336 e. The lowest BCUT2D eigenvalue weighted by atomic mass is 10.4. The fourth-order valence-electron chi connectivity index (χ4n) is 1.28. The number of hydrogen-bond donors (Lipinski definition) is 1. The Morgan fingerprint density at radius 3 is 2.73 bits per heavy atom. The zero-order valence-electron chi connectivity index (χ0n) is 9.02. The van der Waals surface area contributed by atoms with Gasteiger partial charge in [-0.05, 0) is 13.8 Å². The van der Waals surface area contributed by atoms with Crippen molar-refractivity contribution in [3.63, 3.8) is 0 Å². The minimum absolute atomic E-state index is 0.781. The first-order valence-corrected chi connectivity index (χ1v) is 4.71. The molecule has 2 aromatic rings. The molecule has 0 amide bonds. The Morgan fingerprint density at radius 2 is 2.07 bits per heavy atom. The van der Waals surface area contributed by atoms with Gasteiger partial charge in [-0.2, -0.15) is 5.10 Å².